The summed E-state index contributed by atoms with van der Waals surface area (Å²) < 4.78 is 22.7. The highest BCUT2D eigenvalue weighted by Gasteiger charge is 2.22. The normalized spacial score (nSPS) is 12.9. The number of hydrogen-bond acceptors (Lipinski definition) is 8. The van der Waals surface area contributed by atoms with E-state index in [1.165, 1.54) is 186 Å². The molecule has 0 heterocycles. The number of nitrogens with zero attached hydrogens (tertiary/aromatic N) is 1. The Balaban J connectivity index is 4.21. The predicted molar refractivity (Wildman–Crippen MR) is 279 cm³/mol. The number of likely N-dealkylation sites (N-methyl/N-ethyl adjacent to an activating group) is 1. The topological polar surface area (TPSA) is 111 Å². The lowest BCUT2D eigenvalue weighted by Crippen LogP contribution is -2.44. The van der Waals surface area contributed by atoms with Crippen LogP contribution in [-0.4, -0.2) is 82.3 Å². The van der Waals surface area contributed by atoms with E-state index in [-0.39, 0.29) is 32.2 Å². The van der Waals surface area contributed by atoms with Crippen LogP contribution >= 0.6 is 0 Å². The van der Waals surface area contributed by atoms with Crippen molar-refractivity contribution in [2.45, 2.75) is 283 Å². The molecule has 0 aliphatic heterocycles. The molecule has 0 N–H and O–H groups in total. The van der Waals surface area contributed by atoms with Crippen molar-refractivity contribution in [1.82, 2.24) is 0 Å². The van der Waals surface area contributed by atoms with Gasteiger partial charge in [-0.2, -0.15) is 0 Å². The van der Waals surface area contributed by atoms with Crippen LogP contribution in [0.2, 0.25) is 0 Å². The molecular weight excluding hydrogens is 839 g/mol. The van der Waals surface area contributed by atoms with Crippen molar-refractivity contribution in [1.29, 1.82) is 0 Å². The molecule has 0 aliphatic rings. The number of carbonyl (C=O) groups is 3. The molecule has 2 unspecified atom stereocenters. The largest absolute Gasteiger partial charge is 0.545 e. The zero-order chi connectivity index (χ0) is 49.2. The monoisotopic (exact) mass is 948 g/mol. The first kappa shape index (κ1) is 64.8. The van der Waals surface area contributed by atoms with Crippen molar-refractivity contribution in [3.8, 4) is 0 Å². The van der Waals surface area contributed by atoms with Crippen LogP contribution in [0.1, 0.15) is 271 Å². The molecule has 0 aromatic rings. The second-order valence-electron chi connectivity index (χ2n) is 20.6. The molecule has 2 atom stereocenters. The van der Waals surface area contributed by atoms with Gasteiger partial charge in [-0.25, -0.2) is 0 Å². The van der Waals surface area contributed by atoms with E-state index < -0.39 is 24.3 Å². The number of carbonyl (C=O) groups excluding carboxylic acids is 3. The zero-order valence-electron chi connectivity index (χ0n) is 44.8. The van der Waals surface area contributed by atoms with Crippen LogP contribution in [-0.2, 0) is 33.3 Å². The maximum absolute atomic E-state index is 12.8. The van der Waals surface area contributed by atoms with Gasteiger partial charge in [-0.1, -0.05) is 237 Å². The highest BCUT2D eigenvalue weighted by atomic mass is 16.7. The van der Waals surface area contributed by atoms with Gasteiger partial charge in [0.1, 0.15) is 13.2 Å². The fraction of sp³-hybridized carbons (Fsp3) is 0.879. The first-order chi connectivity index (χ1) is 32.6. The summed E-state index contributed by atoms with van der Waals surface area (Å²) in [6.07, 6.45) is 55.1. The van der Waals surface area contributed by atoms with E-state index in [1.54, 1.807) is 0 Å². The van der Waals surface area contributed by atoms with Crippen LogP contribution in [0.3, 0.4) is 0 Å². The van der Waals surface area contributed by atoms with Gasteiger partial charge in [0.05, 0.1) is 40.3 Å². The fourth-order valence-corrected chi connectivity index (χ4v) is 8.27. The molecule has 394 valence electrons. The molecule has 0 radical (unpaired) electrons. The quantitative estimate of drug-likeness (QED) is 0.0195. The molecule has 67 heavy (non-hydrogen) atoms. The molecule has 9 nitrogen and oxygen atoms in total. The summed E-state index contributed by atoms with van der Waals surface area (Å²) in [5, 5.41) is 11.8. The number of carboxylic acids is 1. The Morgan fingerprint density at radius 2 is 0.806 bits per heavy atom. The number of allylic oxidation sites excluding steroid dienone is 4. The summed E-state index contributed by atoms with van der Waals surface area (Å²) in [6, 6.07) is 0. The van der Waals surface area contributed by atoms with Gasteiger partial charge < -0.3 is 33.3 Å². The first-order valence-electron chi connectivity index (χ1n) is 28.5. The summed E-state index contributed by atoms with van der Waals surface area (Å²) in [4.78, 5) is 37.2. The molecule has 0 saturated carbocycles. The highest BCUT2D eigenvalue weighted by molar-refractivity contribution is 5.70. The number of esters is 2. The van der Waals surface area contributed by atoms with Crippen LogP contribution in [0.25, 0.3) is 0 Å². The van der Waals surface area contributed by atoms with E-state index in [0.717, 1.165) is 51.4 Å². The Hall–Kier alpha value is -2.23. The van der Waals surface area contributed by atoms with Crippen LogP contribution in [0, 0.1) is 0 Å². The van der Waals surface area contributed by atoms with Crippen molar-refractivity contribution in [3.05, 3.63) is 24.3 Å². The zero-order valence-corrected chi connectivity index (χ0v) is 44.8. The maximum Gasteiger partial charge on any atom is 0.306 e. The van der Waals surface area contributed by atoms with Crippen molar-refractivity contribution in [2.24, 2.45) is 0 Å². The summed E-state index contributed by atoms with van der Waals surface area (Å²) in [5.74, 6) is -2.28. The minimum Gasteiger partial charge on any atom is -0.545 e. The van der Waals surface area contributed by atoms with Crippen LogP contribution in [0.15, 0.2) is 24.3 Å². The summed E-state index contributed by atoms with van der Waals surface area (Å²) in [6.45, 7) is 4.76. The Morgan fingerprint density at radius 3 is 1.19 bits per heavy atom. The molecule has 0 saturated heterocycles. The predicted octanol–water partition coefficient (Wildman–Crippen LogP) is 15.0. The lowest BCUT2D eigenvalue weighted by atomic mass is 10.0. The third-order valence-corrected chi connectivity index (χ3v) is 12.7. The Morgan fingerprint density at radius 1 is 0.448 bits per heavy atom. The van der Waals surface area contributed by atoms with E-state index in [1.807, 2.05) is 21.1 Å². The second kappa shape index (κ2) is 50.2. The molecule has 0 bridgehead atoms. The Labute approximate surface area is 414 Å². The molecule has 9 heteroatoms. The molecule has 0 spiro atoms. The number of carboxylic acid groups (broad SMARTS) is 1. The minimum absolute atomic E-state index is 0.148. The highest BCUT2D eigenvalue weighted by Crippen LogP contribution is 2.17. The van der Waals surface area contributed by atoms with Gasteiger partial charge in [-0.15, -0.1) is 0 Å². The average Bonchev–Trinajstić information content (AvgIpc) is 3.29. The third-order valence-electron chi connectivity index (χ3n) is 12.7. The molecule has 0 rings (SSSR count). The van der Waals surface area contributed by atoms with Gasteiger partial charge in [0.25, 0.3) is 0 Å². The van der Waals surface area contributed by atoms with Crippen molar-refractivity contribution < 1.29 is 42.9 Å². The van der Waals surface area contributed by atoms with E-state index >= 15 is 0 Å². The Kier molecular flexibility index (Phi) is 48.5. The number of aliphatic carboxylic acids is 1. The van der Waals surface area contributed by atoms with Crippen molar-refractivity contribution >= 4 is 17.9 Å². The van der Waals surface area contributed by atoms with E-state index in [4.69, 9.17) is 18.9 Å². The van der Waals surface area contributed by atoms with E-state index in [2.05, 4.69) is 38.2 Å². The number of hydrogen-bond donors (Lipinski definition) is 0. The molecular formula is C58H109NO8. The Bertz CT molecular complexity index is 1150. The SMILES string of the molecule is CCCCCC/C=C\C/C=C\CCCCCCCCCC(=O)OC(COC(=O)CCCCCCCCCCCCCCCCCCCCCCCCCC)COC(OCC[N+](C)(C)C)C(=O)[O-]. The van der Waals surface area contributed by atoms with Crippen molar-refractivity contribution in [2.75, 3.05) is 47.5 Å². The average molecular weight is 949 g/mol. The van der Waals surface area contributed by atoms with Crippen LogP contribution < -0.4 is 5.11 Å². The third kappa shape index (κ3) is 51.4. The van der Waals surface area contributed by atoms with Crippen LogP contribution in [0.5, 0.6) is 0 Å². The van der Waals surface area contributed by atoms with Crippen molar-refractivity contribution in [3.63, 3.8) is 0 Å². The number of unbranched alkanes of at least 4 members (excludes halogenated alkanes) is 34. The van der Waals surface area contributed by atoms with Gasteiger partial charge in [-0.3, -0.25) is 9.59 Å². The summed E-state index contributed by atoms with van der Waals surface area (Å²) >= 11 is 0. The standard InChI is InChI=1S/C58H109NO8/c1-6-8-10-12-14-16-18-20-22-24-26-27-28-29-30-31-33-34-36-38-40-42-44-46-48-55(60)65-52-54(53-66-58(57(62)63)64-51-50-59(3,4)5)67-56(61)49-47-45-43-41-39-37-35-32-25-23-21-19-17-15-13-11-9-7-2/h17,19,23,25,54,58H,6-16,18,20-22,24,26-53H2,1-5H3/b19-17-,25-23-. The first-order valence-corrected chi connectivity index (χ1v) is 28.5. The van der Waals surface area contributed by atoms with Crippen LogP contribution in [0.4, 0.5) is 0 Å². The lowest BCUT2D eigenvalue weighted by Gasteiger charge is -2.26. The molecule has 0 aliphatic carbocycles. The minimum atomic E-state index is -1.62. The van der Waals surface area contributed by atoms with Gasteiger partial charge in [0, 0.05) is 12.8 Å². The fourth-order valence-electron chi connectivity index (χ4n) is 8.27. The van der Waals surface area contributed by atoms with Gasteiger partial charge >= 0.3 is 11.9 Å². The summed E-state index contributed by atoms with van der Waals surface area (Å²) in [5.41, 5.74) is 0. The summed E-state index contributed by atoms with van der Waals surface area (Å²) in [7, 11) is 5.92. The molecule has 0 aromatic heterocycles. The van der Waals surface area contributed by atoms with Gasteiger partial charge in [0.15, 0.2) is 12.4 Å². The molecule has 0 aromatic carbocycles. The van der Waals surface area contributed by atoms with Gasteiger partial charge in [0.2, 0.25) is 0 Å². The number of ether oxygens (including phenoxy) is 4. The second-order valence-corrected chi connectivity index (χ2v) is 20.6. The smallest absolute Gasteiger partial charge is 0.306 e. The van der Waals surface area contributed by atoms with Gasteiger partial charge in [-0.05, 0) is 44.9 Å². The number of quaternary nitrogens is 1. The van der Waals surface area contributed by atoms with E-state index in [9.17, 15) is 19.5 Å². The lowest BCUT2D eigenvalue weighted by molar-refractivity contribution is -0.870. The molecule has 0 amide bonds. The maximum atomic E-state index is 12.8. The number of rotatable bonds is 53. The molecule has 0 fully saturated rings. The van der Waals surface area contributed by atoms with E-state index in [0.29, 0.717) is 23.9 Å².